The van der Waals surface area contributed by atoms with E-state index in [0.29, 0.717) is 18.9 Å². The van der Waals surface area contributed by atoms with E-state index in [1.54, 1.807) is 4.90 Å². The van der Waals surface area contributed by atoms with Gasteiger partial charge in [-0.3, -0.25) is 4.79 Å². The second-order valence-corrected chi connectivity index (χ2v) is 7.43. The number of rotatable bonds is 5. The van der Waals surface area contributed by atoms with Crippen LogP contribution in [-0.2, 0) is 4.79 Å². The minimum absolute atomic E-state index is 0.688. The molecule has 0 radical (unpaired) electrons. The number of piperazine rings is 1. The lowest BCUT2D eigenvalue weighted by atomic mass is 10.1. The van der Waals surface area contributed by atoms with Crippen LogP contribution in [0.4, 0.5) is 17.3 Å². The van der Waals surface area contributed by atoms with E-state index in [9.17, 15) is 4.79 Å². The Kier molecular flexibility index (Phi) is 5.42. The summed E-state index contributed by atoms with van der Waals surface area (Å²) in [5.74, 6) is 2.32. The highest BCUT2D eigenvalue weighted by atomic mass is 16.1. The molecule has 0 spiro atoms. The fraction of sp³-hybridized carbons (Fsp3) is 0.261. The summed E-state index contributed by atoms with van der Waals surface area (Å²) >= 11 is 0. The van der Waals surface area contributed by atoms with Gasteiger partial charge in [-0.2, -0.15) is 0 Å². The molecule has 2 heterocycles. The topological polar surface area (TPSA) is 61.4 Å². The zero-order valence-electron chi connectivity index (χ0n) is 16.8. The average molecular weight is 387 g/mol. The summed E-state index contributed by atoms with van der Waals surface area (Å²) < 4.78 is 0. The van der Waals surface area contributed by atoms with Gasteiger partial charge in [-0.15, -0.1) is 0 Å². The minimum atomic E-state index is 0.688. The zero-order valence-corrected chi connectivity index (χ0v) is 16.8. The molecule has 4 rings (SSSR count). The third kappa shape index (κ3) is 4.54. The maximum atomic E-state index is 11.0. The highest BCUT2D eigenvalue weighted by Gasteiger charge is 2.19. The highest BCUT2D eigenvalue weighted by molar-refractivity contribution is 5.66. The van der Waals surface area contributed by atoms with Gasteiger partial charge in [0, 0.05) is 43.5 Å². The standard InChI is InChI=1S/C23H25N5O/c1-17-12-18(2)14-20(13-17)24-21-15-22(28-10-8-27(16-29)9-11-28)26-23(25-21)19-6-4-3-5-7-19/h3-7,12-16H,8-11H2,1-2H3,(H,24,25,26). The van der Waals surface area contributed by atoms with Crippen LogP contribution < -0.4 is 10.2 Å². The molecule has 0 unspecified atom stereocenters. The van der Waals surface area contributed by atoms with Crippen molar-refractivity contribution in [2.75, 3.05) is 36.4 Å². The van der Waals surface area contributed by atoms with Crippen LogP contribution in [0.15, 0.2) is 54.6 Å². The molecule has 148 valence electrons. The fourth-order valence-electron chi connectivity index (χ4n) is 3.63. The number of hydrogen-bond donors (Lipinski definition) is 1. The van der Waals surface area contributed by atoms with Crippen LogP contribution in [0, 0.1) is 13.8 Å². The largest absolute Gasteiger partial charge is 0.353 e. The van der Waals surface area contributed by atoms with Gasteiger partial charge in [0.1, 0.15) is 11.6 Å². The molecular weight excluding hydrogens is 362 g/mol. The van der Waals surface area contributed by atoms with Crippen LogP contribution in [0.1, 0.15) is 11.1 Å². The lowest BCUT2D eigenvalue weighted by molar-refractivity contribution is -0.118. The van der Waals surface area contributed by atoms with Gasteiger partial charge in [-0.05, 0) is 37.1 Å². The van der Waals surface area contributed by atoms with Crippen LogP contribution >= 0.6 is 0 Å². The van der Waals surface area contributed by atoms with E-state index in [4.69, 9.17) is 9.97 Å². The molecular formula is C23H25N5O. The molecule has 29 heavy (non-hydrogen) atoms. The van der Waals surface area contributed by atoms with E-state index in [1.807, 2.05) is 36.4 Å². The highest BCUT2D eigenvalue weighted by Crippen LogP contribution is 2.26. The summed E-state index contributed by atoms with van der Waals surface area (Å²) in [4.78, 5) is 24.6. The number of aromatic nitrogens is 2. The Morgan fingerprint density at radius 3 is 2.24 bits per heavy atom. The Labute approximate surface area is 171 Å². The van der Waals surface area contributed by atoms with Gasteiger partial charge in [-0.1, -0.05) is 36.4 Å². The monoisotopic (exact) mass is 387 g/mol. The van der Waals surface area contributed by atoms with E-state index in [-0.39, 0.29) is 0 Å². The predicted molar refractivity (Wildman–Crippen MR) is 117 cm³/mol. The van der Waals surface area contributed by atoms with Gasteiger partial charge in [0.05, 0.1) is 0 Å². The first kappa shape index (κ1) is 18.9. The van der Waals surface area contributed by atoms with E-state index in [0.717, 1.165) is 42.4 Å². The second kappa shape index (κ2) is 8.31. The van der Waals surface area contributed by atoms with Gasteiger partial charge in [-0.25, -0.2) is 9.97 Å². The fourth-order valence-corrected chi connectivity index (χ4v) is 3.63. The van der Waals surface area contributed by atoms with E-state index >= 15 is 0 Å². The molecule has 6 nitrogen and oxygen atoms in total. The van der Waals surface area contributed by atoms with Gasteiger partial charge in [0.15, 0.2) is 5.82 Å². The number of anilines is 3. The van der Waals surface area contributed by atoms with Crippen LogP contribution in [0.3, 0.4) is 0 Å². The summed E-state index contributed by atoms with van der Waals surface area (Å²) in [6, 6.07) is 18.4. The quantitative estimate of drug-likeness (QED) is 0.675. The predicted octanol–water partition coefficient (Wildman–Crippen LogP) is 3.78. The molecule has 0 atom stereocenters. The van der Waals surface area contributed by atoms with Crippen LogP contribution in [0.2, 0.25) is 0 Å². The van der Waals surface area contributed by atoms with Crippen molar-refractivity contribution in [1.82, 2.24) is 14.9 Å². The van der Waals surface area contributed by atoms with Crippen molar-refractivity contribution >= 4 is 23.7 Å². The number of carbonyl (C=O) groups excluding carboxylic acids is 1. The number of benzene rings is 2. The van der Waals surface area contributed by atoms with Crippen LogP contribution in [0.5, 0.6) is 0 Å². The van der Waals surface area contributed by atoms with Crippen molar-refractivity contribution in [2.24, 2.45) is 0 Å². The van der Waals surface area contributed by atoms with E-state index < -0.39 is 0 Å². The molecule has 6 heteroatoms. The summed E-state index contributed by atoms with van der Waals surface area (Å²) in [6.45, 7) is 7.10. The third-order valence-corrected chi connectivity index (χ3v) is 5.03. The molecule has 0 saturated carbocycles. The van der Waals surface area contributed by atoms with E-state index in [2.05, 4.69) is 42.3 Å². The molecule has 1 aliphatic rings. The first-order valence-corrected chi connectivity index (χ1v) is 9.85. The number of nitrogens with zero attached hydrogens (tertiary/aromatic N) is 4. The van der Waals surface area contributed by atoms with Crippen LogP contribution in [0.25, 0.3) is 11.4 Å². The van der Waals surface area contributed by atoms with Crippen LogP contribution in [-0.4, -0.2) is 47.5 Å². The Morgan fingerprint density at radius 2 is 1.59 bits per heavy atom. The number of aryl methyl sites for hydroxylation is 2. The Bertz CT molecular complexity index is 977. The van der Waals surface area contributed by atoms with Gasteiger partial charge in [0.25, 0.3) is 0 Å². The van der Waals surface area contributed by atoms with Crippen molar-refractivity contribution < 1.29 is 4.79 Å². The number of amides is 1. The van der Waals surface area contributed by atoms with Crippen molar-refractivity contribution in [1.29, 1.82) is 0 Å². The second-order valence-electron chi connectivity index (χ2n) is 7.43. The minimum Gasteiger partial charge on any atom is -0.353 e. The number of carbonyl (C=O) groups is 1. The van der Waals surface area contributed by atoms with Crippen molar-refractivity contribution in [3.05, 3.63) is 65.7 Å². The normalized spacial score (nSPS) is 14.0. The third-order valence-electron chi connectivity index (χ3n) is 5.03. The lowest BCUT2D eigenvalue weighted by Gasteiger charge is -2.33. The van der Waals surface area contributed by atoms with Gasteiger partial charge >= 0.3 is 0 Å². The first-order chi connectivity index (χ1) is 14.1. The first-order valence-electron chi connectivity index (χ1n) is 9.85. The lowest BCUT2D eigenvalue weighted by Crippen LogP contribution is -2.46. The Balaban J connectivity index is 1.69. The smallest absolute Gasteiger partial charge is 0.209 e. The SMILES string of the molecule is Cc1cc(C)cc(Nc2cc(N3CCN(C=O)CC3)nc(-c3ccccc3)n2)c1. The molecule has 0 bridgehead atoms. The zero-order chi connectivity index (χ0) is 20.2. The van der Waals surface area contributed by atoms with Crippen molar-refractivity contribution in [2.45, 2.75) is 13.8 Å². The average Bonchev–Trinajstić information content (AvgIpc) is 2.73. The van der Waals surface area contributed by atoms with Gasteiger partial charge < -0.3 is 15.1 Å². The number of hydrogen-bond acceptors (Lipinski definition) is 5. The van der Waals surface area contributed by atoms with E-state index in [1.165, 1.54) is 11.1 Å². The maximum absolute atomic E-state index is 11.0. The molecule has 3 aromatic rings. The molecule has 1 saturated heterocycles. The molecule has 1 aromatic heterocycles. The van der Waals surface area contributed by atoms with Gasteiger partial charge in [0.2, 0.25) is 6.41 Å². The molecule has 0 aliphatic carbocycles. The molecule has 1 fully saturated rings. The Hall–Kier alpha value is -3.41. The van der Waals surface area contributed by atoms with Crippen molar-refractivity contribution in [3.63, 3.8) is 0 Å². The molecule has 1 amide bonds. The molecule has 2 aromatic carbocycles. The summed E-state index contributed by atoms with van der Waals surface area (Å²) in [7, 11) is 0. The summed E-state index contributed by atoms with van der Waals surface area (Å²) in [5.41, 5.74) is 4.39. The number of nitrogens with one attached hydrogen (secondary N) is 1. The molecule has 1 aliphatic heterocycles. The summed E-state index contributed by atoms with van der Waals surface area (Å²) in [6.07, 6.45) is 0.916. The molecule has 1 N–H and O–H groups in total. The summed E-state index contributed by atoms with van der Waals surface area (Å²) in [5, 5.41) is 3.45. The van der Waals surface area contributed by atoms with Crippen molar-refractivity contribution in [3.8, 4) is 11.4 Å². The maximum Gasteiger partial charge on any atom is 0.209 e. The Morgan fingerprint density at radius 1 is 0.897 bits per heavy atom.